The van der Waals surface area contributed by atoms with Gasteiger partial charge in [-0.05, 0) is 24.3 Å². The highest BCUT2D eigenvalue weighted by Crippen LogP contribution is 2.22. The summed E-state index contributed by atoms with van der Waals surface area (Å²) in [7, 11) is 0. The van der Waals surface area contributed by atoms with Crippen LogP contribution in [-0.2, 0) is 14.4 Å². The molecule has 17 heavy (non-hydrogen) atoms. The zero-order chi connectivity index (χ0) is 13.0. The van der Waals surface area contributed by atoms with E-state index >= 15 is 0 Å². The summed E-state index contributed by atoms with van der Waals surface area (Å²) in [6.45, 7) is 1.82. The van der Waals surface area contributed by atoms with Gasteiger partial charge in [-0.3, -0.25) is 14.5 Å². The van der Waals surface area contributed by atoms with Crippen molar-refractivity contribution in [1.29, 1.82) is 0 Å². The lowest BCUT2D eigenvalue weighted by atomic mass is 9.96. The van der Waals surface area contributed by atoms with Crippen molar-refractivity contribution in [3.63, 3.8) is 0 Å². The monoisotopic (exact) mass is 259 g/mol. The van der Waals surface area contributed by atoms with Crippen molar-refractivity contribution >= 4 is 29.5 Å². The van der Waals surface area contributed by atoms with E-state index in [0.29, 0.717) is 12.2 Å². The second-order valence-corrected chi connectivity index (χ2v) is 5.29. The Bertz CT molecular complexity index is 313. The van der Waals surface area contributed by atoms with Crippen molar-refractivity contribution in [2.75, 3.05) is 12.0 Å². The molecule has 0 aromatic heterocycles. The van der Waals surface area contributed by atoms with E-state index in [-0.39, 0.29) is 30.6 Å². The van der Waals surface area contributed by atoms with E-state index in [1.807, 2.05) is 13.2 Å². The molecule has 6 heteroatoms. The summed E-state index contributed by atoms with van der Waals surface area (Å²) in [6.07, 6.45) is 2.69. The van der Waals surface area contributed by atoms with Gasteiger partial charge in [-0.2, -0.15) is 11.8 Å². The maximum Gasteiger partial charge on any atom is 0.326 e. The Balaban J connectivity index is 2.81. The maximum absolute atomic E-state index is 11.8. The van der Waals surface area contributed by atoms with Crippen LogP contribution in [0.4, 0.5) is 0 Å². The van der Waals surface area contributed by atoms with Crippen LogP contribution in [0.2, 0.25) is 0 Å². The van der Waals surface area contributed by atoms with Crippen molar-refractivity contribution in [3.8, 4) is 0 Å². The number of aliphatic carboxylic acids is 1. The van der Waals surface area contributed by atoms with Crippen LogP contribution in [0.5, 0.6) is 0 Å². The van der Waals surface area contributed by atoms with Gasteiger partial charge in [0.15, 0.2) is 0 Å². The van der Waals surface area contributed by atoms with E-state index in [4.69, 9.17) is 5.11 Å². The van der Waals surface area contributed by atoms with Crippen LogP contribution >= 0.6 is 11.8 Å². The number of piperidine rings is 1. The Kier molecular flexibility index (Phi) is 4.99. The van der Waals surface area contributed by atoms with E-state index in [2.05, 4.69) is 0 Å². The fourth-order valence-corrected chi connectivity index (χ4v) is 2.40. The molecular weight excluding hydrogens is 242 g/mol. The normalized spacial score (nSPS) is 19.5. The number of carboxylic acid groups (broad SMARTS) is 1. The summed E-state index contributed by atoms with van der Waals surface area (Å²) >= 11 is 1.50. The number of carboxylic acids is 1. The van der Waals surface area contributed by atoms with Crippen LogP contribution < -0.4 is 0 Å². The first-order valence-electron chi connectivity index (χ1n) is 5.54. The highest BCUT2D eigenvalue weighted by molar-refractivity contribution is 7.98. The summed E-state index contributed by atoms with van der Waals surface area (Å²) in [6, 6.07) is -1.00. The number of hydrogen-bond donors (Lipinski definition) is 1. The molecule has 0 aromatic carbocycles. The van der Waals surface area contributed by atoms with Crippen molar-refractivity contribution in [2.45, 2.75) is 32.2 Å². The van der Waals surface area contributed by atoms with Crippen LogP contribution in [-0.4, -0.2) is 45.8 Å². The lowest BCUT2D eigenvalue weighted by Gasteiger charge is -2.32. The highest BCUT2D eigenvalue weighted by atomic mass is 32.2. The zero-order valence-corrected chi connectivity index (χ0v) is 10.8. The van der Waals surface area contributed by atoms with Gasteiger partial charge in [-0.1, -0.05) is 6.92 Å². The maximum atomic E-state index is 11.8. The number of amides is 2. The van der Waals surface area contributed by atoms with Gasteiger partial charge in [-0.15, -0.1) is 0 Å². The van der Waals surface area contributed by atoms with Crippen LogP contribution in [0.3, 0.4) is 0 Å². The first kappa shape index (κ1) is 14.0. The molecule has 1 saturated heterocycles. The van der Waals surface area contributed by atoms with Crippen LogP contribution in [0.25, 0.3) is 0 Å². The lowest BCUT2D eigenvalue weighted by Crippen LogP contribution is -2.52. The molecule has 1 N–H and O–H groups in total. The van der Waals surface area contributed by atoms with Crippen molar-refractivity contribution in [3.05, 3.63) is 0 Å². The lowest BCUT2D eigenvalue weighted by molar-refractivity contribution is -0.161. The Morgan fingerprint density at radius 2 is 2.00 bits per heavy atom. The van der Waals surface area contributed by atoms with Gasteiger partial charge in [0.05, 0.1) is 0 Å². The molecule has 2 amide bonds. The predicted octanol–water partition coefficient (Wildman–Crippen LogP) is 0.978. The topological polar surface area (TPSA) is 74.7 Å². The summed E-state index contributed by atoms with van der Waals surface area (Å²) in [5, 5.41) is 9.10. The third kappa shape index (κ3) is 3.46. The van der Waals surface area contributed by atoms with Gasteiger partial charge in [0.1, 0.15) is 6.04 Å². The summed E-state index contributed by atoms with van der Waals surface area (Å²) in [4.78, 5) is 35.6. The van der Waals surface area contributed by atoms with Crippen molar-refractivity contribution in [1.82, 2.24) is 4.90 Å². The summed E-state index contributed by atoms with van der Waals surface area (Å²) < 4.78 is 0. The van der Waals surface area contributed by atoms with Gasteiger partial charge in [0.25, 0.3) is 0 Å². The highest BCUT2D eigenvalue weighted by Gasteiger charge is 2.38. The second kappa shape index (κ2) is 6.05. The Morgan fingerprint density at radius 1 is 1.47 bits per heavy atom. The van der Waals surface area contributed by atoms with E-state index in [9.17, 15) is 14.4 Å². The number of carbonyl (C=O) groups is 3. The van der Waals surface area contributed by atoms with E-state index in [1.165, 1.54) is 11.8 Å². The molecule has 1 aliphatic rings. The SMILES string of the molecule is CSCCC(C(=O)O)N1C(=O)CC(C)CC1=O. The van der Waals surface area contributed by atoms with Crippen molar-refractivity contribution < 1.29 is 19.5 Å². The first-order valence-corrected chi connectivity index (χ1v) is 6.93. The number of imide groups is 1. The standard InChI is InChI=1S/C11H17NO4S/c1-7-5-9(13)12(10(14)6-7)8(11(15)16)3-4-17-2/h7-8H,3-6H2,1-2H3,(H,15,16). The molecule has 1 fully saturated rings. The number of likely N-dealkylation sites (tertiary alicyclic amines) is 1. The van der Waals surface area contributed by atoms with Gasteiger partial charge in [0, 0.05) is 12.8 Å². The zero-order valence-electron chi connectivity index (χ0n) is 10.0. The molecule has 0 radical (unpaired) electrons. The number of nitrogens with zero attached hydrogens (tertiary/aromatic N) is 1. The number of carbonyl (C=O) groups excluding carboxylic acids is 2. The van der Waals surface area contributed by atoms with Crippen LogP contribution in [0, 0.1) is 5.92 Å². The number of hydrogen-bond acceptors (Lipinski definition) is 4. The smallest absolute Gasteiger partial charge is 0.326 e. The molecule has 1 aliphatic heterocycles. The van der Waals surface area contributed by atoms with Gasteiger partial charge < -0.3 is 5.11 Å². The predicted molar refractivity (Wildman–Crippen MR) is 64.7 cm³/mol. The molecule has 1 unspecified atom stereocenters. The Labute approximate surface area is 105 Å². The minimum Gasteiger partial charge on any atom is -0.480 e. The quantitative estimate of drug-likeness (QED) is 0.745. The van der Waals surface area contributed by atoms with Crippen molar-refractivity contribution in [2.24, 2.45) is 5.92 Å². The van der Waals surface area contributed by atoms with E-state index in [1.54, 1.807) is 0 Å². The fraction of sp³-hybridized carbons (Fsp3) is 0.727. The largest absolute Gasteiger partial charge is 0.480 e. The molecule has 96 valence electrons. The van der Waals surface area contributed by atoms with E-state index < -0.39 is 12.0 Å². The molecule has 1 heterocycles. The fourth-order valence-electron chi connectivity index (χ4n) is 1.94. The van der Waals surface area contributed by atoms with Crippen LogP contribution in [0.15, 0.2) is 0 Å². The van der Waals surface area contributed by atoms with E-state index in [0.717, 1.165) is 4.90 Å². The minimum atomic E-state index is -1.10. The number of rotatable bonds is 5. The molecule has 0 bridgehead atoms. The average Bonchev–Trinajstić information content (AvgIpc) is 2.20. The van der Waals surface area contributed by atoms with Gasteiger partial charge in [-0.25, -0.2) is 4.79 Å². The molecule has 1 rings (SSSR count). The molecule has 0 spiro atoms. The molecule has 0 saturated carbocycles. The average molecular weight is 259 g/mol. The molecule has 1 atom stereocenters. The summed E-state index contributed by atoms with van der Waals surface area (Å²) in [5.41, 5.74) is 0. The molecular formula is C11H17NO4S. The van der Waals surface area contributed by atoms with Gasteiger partial charge in [0.2, 0.25) is 11.8 Å². The third-order valence-electron chi connectivity index (χ3n) is 2.78. The first-order chi connectivity index (χ1) is 7.97. The second-order valence-electron chi connectivity index (χ2n) is 4.31. The third-order valence-corrected chi connectivity index (χ3v) is 3.42. The molecule has 0 aromatic rings. The molecule has 5 nitrogen and oxygen atoms in total. The Hall–Kier alpha value is -1.04. The van der Waals surface area contributed by atoms with Crippen LogP contribution in [0.1, 0.15) is 26.2 Å². The number of thioether (sulfide) groups is 1. The Morgan fingerprint density at radius 3 is 2.41 bits per heavy atom. The molecule has 0 aliphatic carbocycles. The minimum absolute atomic E-state index is 0.0150. The van der Waals surface area contributed by atoms with Gasteiger partial charge >= 0.3 is 5.97 Å². The summed E-state index contributed by atoms with van der Waals surface area (Å²) in [5.74, 6) is -1.19.